The van der Waals surface area contributed by atoms with E-state index in [1.165, 1.54) is 38.5 Å². The van der Waals surface area contributed by atoms with E-state index in [2.05, 4.69) is 6.92 Å². The molecule has 0 aliphatic rings. The van der Waals surface area contributed by atoms with Gasteiger partial charge in [0.1, 0.15) is 0 Å². The van der Waals surface area contributed by atoms with Crippen molar-refractivity contribution in [3.05, 3.63) is 34.3 Å². The van der Waals surface area contributed by atoms with Gasteiger partial charge < -0.3 is 0 Å². The van der Waals surface area contributed by atoms with E-state index in [-0.39, 0.29) is 5.78 Å². The molecule has 2 heteroatoms. The quantitative estimate of drug-likeness (QED) is 0.362. The zero-order chi connectivity index (χ0) is 14.8. The van der Waals surface area contributed by atoms with Gasteiger partial charge >= 0.3 is 0 Å². The number of carbonyl (C=O) groups excluding carboxylic acids is 1. The Morgan fingerprint density at radius 2 is 1.55 bits per heavy atom. The molecule has 0 radical (unpaired) electrons. The summed E-state index contributed by atoms with van der Waals surface area (Å²) >= 11 is 5.99. The highest BCUT2D eigenvalue weighted by atomic mass is 35.5. The first kappa shape index (κ1) is 17.2. The second kappa shape index (κ2) is 9.99. The van der Waals surface area contributed by atoms with E-state index < -0.39 is 0 Å². The van der Waals surface area contributed by atoms with Gasteiger partial charge in [0, 0.05) is 17.0 Å². The van der Waals surface area contributed by atoms with Crippen LogP contribution >= 0.6 is 11.6 Å². The normalized spacial score (nSPS) is 10.8. The fourth-order valence-electron chi connectivity index (χ4n) is 2.46. The summed E-state index contributed by atoms with van der Waals surface area (Å²) in [5.41, 5.74) is 1.81. The Morgan fingerprint density at radius 1 is 0.950 bits per heavy atom. The van der Waals surface area contributed by atoms with E-state index in [4.69, 9.17) is 11.6 Å². The smallest absolute Gasteiger partial charge is 0.162 e. The average Bonchev–Trinajstić information content (AvgIpc) is 2.40. The Bertz CT molecular complexity index is 392. The maximum Gasteiger partial charge on any atom is 0.162 e. The lowest BCUT2D eigenvalue weighted by atomic mass is 10.0. The van der Waals surface area contributed by atoms with Crippen LogP contribution < -0.4 is 0 Å². The maximum absolute atomic E-state index is 12.1. The van der Waals surface area contributed by atoms with Crippen molar-refractivity contribution in [1.82, 2.24) is 0 Å². The Labute approximate surface area is 128 Å². The lowest BCUT2D eigenvalue weighted by Gasteiger charge is -2.04. The van der Waals surface area contributed by atoms with Crippen LogP contribution in [0.15, 0.2) is 18.2 Å². The molecule has 0 aromatic heterocycles. The monoisotopic (exact) mass is 294 g/mol. The standard InChI is InChI=1S/C18H27ClO/c1-3-4-5-6-7-8-9-10-11-18(20)16-12-15(2)13-17(19)14-16/h12-14H,3-11H2,1-2H3. The lowest BCUT2D eigenvalue weighted by Crippen LogP contribution is -1.99. The summed E-state index contributed by atoms with van der Waals surface area (Å²) in [6.45, 7) is 4.21. The Morgan fingerprint density at radius 3 is 2.15 bits per heavy atom. The third-order valence-electron chi connectivity index (χ3n) is 3.62. The molecule has 0 saturated carbocycles. The van der Waals surface area contributed by atoms with Crippen LogP contribution in [0.2, 0.25) is 5.02 Å². The molecule has 1 rings (SSSR count). The zero-order valence-electron chi connectivity index (χ0n) is 12.9. The van der Waals surface area contributed by atoms with Crippen LogP contribution in [0.5, 0.6) is 0 Å². The molecular weight excluding hydrogens is 268 g/mol. The van der Waals surface area contributed by atoms with Gasteiger partial charge in [-0.05, 0) is 37.1 Å². The van der Waals surface area contributed by atoms with Crippen LogP contribution in [0.3, 0.4) is 0 Å². The maximum atomic E-state index is 12.1. The first-order chi connectivity index (χ1) is 9.63. The first-order valence-corrected chi connectivity index (χ1v) is 8.31. The van der Waals surface area contributed by atoms with Gasteiger partial charge in [0.25, 0.3) is 0 Å². The highest BCUT2D eigenvalue weighted by Crippen LogP contribution is 2.17. The van der Waals surface area contributed by atoms with Crippen molar-refractivity contribution < 1.29 is 4.79 Å². The summed E-state index contributed by atoms with van der Waals surface area (Å²) in [6, 6.07) is 5.59. The molecule has 0 heterocycles. The summed E-state index contributed by atoms with van der Waals surface area (Å²) in [5.74, 6) is 0.224. The van der Waals surface area contributed by atoms with Crippen LogP contribution in [-0.2, 0) is 0 Å². The molecule has 0 bridgehead atoms. The number of rotatable bonds is 10. The molecule has 112 valence electrons. The van der Waals surface area contributed by atoms with Crippen molar-refractivity contribution >= 4 is 17.4 Å². The lowest BCUT2D eigenvalue weighted by molar-refractivity contribution is 0.0979. The largest absolute Gasteiger partial charge is 0.294 e. The molecule has 1 aromatic rings. The molecule has 0 saturated heterocycles. The van der Waals surface area contributed by atoms with Crippen LogP contribution in [0.4, 0.5) is 0 Å². The van der Waals surface area contributed by atoms with E-state index in [9.17, 15) is 4.79 Å². The predicted molar refractivity (Wildman–Crippen MR) is 87.7 cm³/mol. The highest BCUT2D eigenvalue weighted by molar-refractivity contribution is 6.31. The fourth-order valence-corrected chi connectivity index (χ4v) is 2.75. The number of carbonyl (C=O) groups is 1. The molecular formula is C18H27ClO. The second-order valence-corrected chi connectivity index (χ2v) is 6.10. The van der Waals surface area contributed by atoms with E-state index in [0.717, 1.165) is 24.0 Å². The SMILES string of the molecule is CCCCCCCCCCC(=O)c1cc(C)cc(Cl)c1. The number of hydrogen-bond donors (Lipinski definition) is 0. The van der Waals surface area contributed by atoms with Gasteiger partial charge in [0.05, 0.1) is 0 Å². The number of Topliss-reactive ketones (excluding diaryl/α,β-unsaturated/α-hetero) is 1. The van der Waals surface area contributed by atoms with E-state index in [1.54, 1.807) is 6.07 Å². The predicted octanol–water partition coefficient (Wildman–Crippen LogP) is 6.36. The number of halogens is 1. The van der Waals surface area contributed by atoms with Crippen LogP contribution in [0.1, 0.15) is 80.6 Å². The topological polar surface area (TPSA) is 17.1 Å². The Hall–Kier alpha value is -0.820. The van der Waals surface area contributed by atoms with Crippen molar-refractivity contribution in [3.8, 4) is 0 Å². The van der Waals surface area contributed by atoms with E-state index in [1.807, 2.05) is 19.1 Å². The number of ketones is 1. The van der Waals surface area contributed by atoms with E-state index in [0.29, 0.717) is 11.4 Å². The first-order valence-electron chi connectivity index (χ1n) is 7.94. The summed E-state index contributed by atoms with van der Waals surface area (Å²) < 4.78 is 0. The van der Waals surface area contributed by atoms with Crippen LogP contribution in [0.25, 0.3) is 0 Å². The third kappa shape index (κ3) is 7.09. The molecule has 0 amide bonds. The molecule has 0 spiro atoms. The van der Waals surface area contributed by atoms with Gasteiger partial charge in [-0.25, -0.2) is 0 Å². The minimum absolute atomic E-state index is 0.224. The minimum Gasteiger partial charge on any atom is -0.294 e. The molecule has 20 heavy (non-hydrogen) atoms. The molecule has 0 unspecified atom stereocenters. The summed E-state index contributed by atoms with van der Waals surface area (Å²) in [5, 5.41) is 0.657. The number of benzene rings is 1. The van der Waals surface area contributed by atoms with Gasteiger partial charge in [-0.15, -0.1) is 0 Å². The van der Waals surface area contributed by atoms with Crippen molar-refractivity contribution in [1.29, 1.82) is 0 Å². The molecule has 0 fully saturated rings. The highest BCUT2D eigenvalue weighted by Gasteiger charge is 2.07. The summed E-state index contributed by atoms with van der Waals surface area (Å²) in [4.78, 5) is 12.1. The van der Waals surface area contributed by atoms with Crippen molar-refractivity contribution in [2.45, 2.75) is 71.6 Å². The number of unbranched alkanes of at least 4 members (excludes halogenated alkanes) is 7. The molecule has 1 aromatic carbocycles. The fraction of sp³-hybridized carbons (Fsp3) is 0.611. The average molecular weight is 295 g/mol. The van der Waals surface area contributed by atoms with Gasteiger partial charge in [-0.1, -0.05) is 63.5 Å². The Balaban J connectivity index is 2.17. The summed E-state index contributed by atoms with van der Waals surface area (Å²) in [6.07, 6.45) is 10.7. The number of hydrogen-bond acceptors (Lipinski definition) is 1. The van der Waals surface area contributed by atoms with Crippen molar-refractivity contribution in [3.63, 3.8) is 0 Å². The second-order valence-electron chi connectivity index (χ2n) is 5.67. The van der Waals surface area contributed by atoms with Crippen LogP contribution in [-0.4, -0.2) is 5.78 Å². The molecule has 1 nitrogen and oxygen atoms in total. The van der Waals surface area contributed by atoms with E-state index >= 15 is 0 Å². The summed E-state index contributed by atoms with van der Waals surface area (Å²) in [7, 11) is 0. The van der Waals surface area contributed by atoms with Gasteiger partial charge in [0.2, 0.25) is 0 Å². The van der Waals surface area contributed by atoms with Crippen molar-refractivity contribution in [2.75, 3.05) is 0 Å². The third-order valence-corrected chi connectivity index (χ3v) is 3.84. The van der Waals surface area contributed by atoms with Gasteiger partial charge in [-0.2, -0.15) is 0 Å². The zero-order valence-corrected chi connectivity index (χ0v) is 13.6. The molecule has 0 atom stereocenters. The molecule has 0 N–H and O–H groups in total. The molecule has 0 aliphatic heterocycles. The molecule has 0 aliphatic carbocycles. The Kier molecular flexibility index (Phi) is 8.60. The minimum atomic E-state index is 0.224. The van der Waals surface area contributed by atoms with Crippen LogP contribution in [0, 0.1) is 6.92 Å². The van der Waals surface area contributed by atoms with Gasteiger partial charge in [-0.3, -0.25) is 4.79 Å². The van der Waals surface area contributed by atoms with Gasteiger partial charge in [0.15, 0.2) is 5.78 Å². The number of aryl methyl sites for hydroxylation is 1. The van der Waals surface area contributed by atoms with Crippen molar-refractivity contribution in [2.24, 2.45) is 0 Å².